The molecule has 3 aromatic rings. The molecule has 0 N–H and O–H groups in total. The van der Waals surface area contributed by atoms with E-state index in [-0.39, 0.29) is 5.41 Å². The van der Waals surface area contributed by atoms with Crippen molar-refractivity contribution in [2.75, 3.05) is 7.05 Å². The van der Waals surface area contributed by atoms with Gasteiger partial charge < -0.3 is 9.32 Å². The maximum absolute atomic E-state index is 5.64. The molecule has 0 radical (unpaired) electrons. The summed E-state index contributed by atoms with van der Waals surface area (Å²) in [4.78, 5) is 6.75. The Morgan fingerprint density at radius 2 is 1.71 bits per heavy atom. The summed E-state index contributed by atoms with van der Waals surface area (Å²) in [6.07, 6.45) is 1.70. The summed E-state index contributed by atoms with van der Waals surface area (Å²) in [5, 5.41) is 0.918. The van der Waals surface area contributed by atoms with Gasteiger partial charge in [-0.25, -0.2) is 0 Å². The van der Waals surface area contributed by atoms with E-state index in [0.29, 0.717) is 6.54 Å². The number of hydrogen-bond acceptors (Lipinski definition) is 3. The van der Waals surface area contributed by atoms with Crippen molar-refractivity contribution in [2.45, 2.75) is 45.4 Å². The molecular weight excluding hydrogens is 400 g/mol. The molecule has 31 heavy (non-hydrogen) atoms. The average Bonchev–Trinajstić information content (AvgIpc) is 3.27. The average molecular weight is 433 g/mol. The van der Waals surface area contributed by atoms with Crippen LogP contribution in [0.5, 0.6) is 0 Å². The predicted octanol–water partition coefficient (Wildman–Crippen LogP) is 7.28. The van der Waals surface area contributed by atoms with E-state index in [1.54, 1.807) is 18.0 Å². The van der Waals surface area contributed by atoms with Gasteiger partial charge in [-0.3, -0.25) is 4.99 Å². The number of aryl methyl sites for hydroxylation is 1. The number of nitrogens with zero attached hydrogens (tertiary/aromatic N) is 2. The lowest BCUT2D eigenvalue weighted by atomic mass is 9.86. The molecule has 2 aromatic carbocycles. The summed E-state index contributed by atoms with van der Waals surface area (Å²) in [5.74, 6) is 1.72. The Labute approximate surface area is 190 Å². The van der Waals surface area contributed by atoms with E-state index in [4.69, 9.17) is 4.42 Å². The van der Waals surface area contributed by atoms with Gasteiger partial charge >= 0.3 is 0 Å². The molecule has 1 heterocycles. The van der Waals surface area contributed by atoms with Crippen molar-refractivity contribution in [1.29, 1.82) is 0 Å². The fraction of sp³-hybridized carbons (Fsp3) is 0.296. The number of amidine groups is 1. The molecule has 0 spiro atoms. The molecule has 3 nitrogen and oxygen atoms in total. The Kier molecular flexibility index (Phi) is 7.45. The molecule has 0 saturated carbocycles. The smallest absolute Gasteiger partial charge is 0.164 e. The number of thioether (sulfide) groups is 1. The van der Waals surface area contributed by atoms with Crippen LogP contribution in [0.15, 0.2) is 82.9 Å². The minimum absolute atomic E-state index is 0.119. The lowest BCUT2D eigenvalue weighted by Crippen LogP contribution is -2.26. The molecule has 0 aliphatic heterocycles. The highest BCUT2D eigenvalue weighted by Gasteiger charge is 2.20. The highest BCUT2D eigenvalue weighted by Crippen LogP contribution is 2.29. The maximum atomic E-state index is 5.64. The predicted molar refractivity (Wildman–Crippen MR) is 134 cm³/mol. The van der Waals surface area contributed by atoms with Gasteiger partial charge in [0.25, 0.3) is 0 Å². The minimum atomic E-state index is 0.119. The molecule has 162 valence electrons. The van der Waals surface area contributed by atoms with Crippen LogP contribution in [0, 0.1) is 6.92 Å². The van der Waals surface area contributed by atoms with Crippen LogP contribution < -0.4 is 0 Å². The number of aliphatic imine (C=N–C) groups is 1. The SMILES string of the molecule is C=C(c1ccc(C(C)(C)C)cc1)N(Cc1ccco1)C(=NC)SCc1ccc(C)cc1. The standard InChI is InChI=1S/C27H32N2OS/c1-20-9-11-22(12-10-20)19-31-26(28-6)29(18-25-8-7-17-30-25)21(2)23-13-15-24(16-14-23)27(3,4)5/h7-17H,2,18-19H2,1,3-6H3. The Morgan fingerprint density at radius 3 is 2.26 bits per heavy atom. The zero-order chi connectivity index (χ0) is 22.4. The summed E-state index contributed by atoms with van der Waals surface area (Å²) in [5.41, 5.74) is 5.96. The van der Waals surface area contributed by atoms with Crippen molar-refractivity contribution >= 4 is 22.6 Å². The molecule has 1 aromatic heterocycles. The third-order valence-electron chi connectivity index (χ3n) is 5.21. The molecule has 0 saturated heterocycles. The normalized spacial score (nSPS) is 12.1. The molecule has 0 unspecified atom stereocenters. The molecule has 0 fully saturated rings. The third-order valence-corrected chi connectivity index (χ3v) is 6.35. The van der Waals surface area contributed by atoms with E-state index in [1.807, 2.05) is 19.2 Å². The van der Waals surface area contributed by atoms with Crippen LogP contribution in [-0.4, -0.2) is 17.1 Å². The van der Waals surface area contributed by atoms with Crippen LogP contribution in [0.1, 0.15) is 48.8 Å². The van der Waals surface area contributed by atoms with Gasteiger partial charge in [0.05, 0.1) is 12.8 Å². The third kappa shape index (κ3) is 6.14. The summed E-state index contributed by atoms with van der Waals surface area (Å²) >= 11 is 1.71. The van der Waals surface area contributed by atoms with Crippen LogP contribution in [0.3, 0.4) is 0 Å². The molecular formula is C27H32N2OS. The van der Waals surface area contributed by atoms with Gasteiger partial charge in [0.2, 0.25) is 0 Å². The zero-order valence-electron chi connectivity index (χ0n) is 19.2. The highest BCUT2D eigenvalue weighted by atomic mass is 32.2. The molecule has 3 rings (SSSR count). The summed E-state index contributed by atoms with van der Waals surface area (Å²) in [7, 11) is 1.84. The van der Waals surface area contributed by atoms with Gasteiger partial charge in [0, 0.05) is 18.5 Å². The van der Waals surface area contributed by atoms with Crippen LogP contribution in [0.4, 0.5) is 0 Å². The quantitative estimate of drug-likeness (QED) is 0.303. The molecule has 0 aliphatic rings. The maximum Gasteiger partial charge on any atom is 0.164 e. The number of benzene rings is 2. The Bertz CT molecular complexity index is 1010. The number of rotatable bonds is 6. The first-order valence-electron chi connectivity index (χ1n) is 10.5. The van der Waals surface area contributed by atoms with Crippen LogP contribution in [0.2, 0.25) is 0 Å². The van der Waals surface area contributed by atoms with Crippen LogP contribution in [0.25, 0.3) is 5.70 Å². The van der Waals surface area contributed by atoms with Gasteiger partial charge in [-0.1, -0.05) is 93.2 Å². The lowest BCUT2D eigenvalue weighted by molar-refractivity contribution is 0.446. The Balaban J connectivity index is 1.83. The molecule has 4 heteroatoms. The highest BCUT2D eigenvalue weighted by molar-refractivity contribution is 8.13. The van der Waals surface area contributed by atoms with Crippen molar-refractivity contribution in [2.24, 2.45) is 4.99 Å². The van der Waals surface area contributed by atoms with Crippen molar-refractivity contribution in [3.05, 3.63) is 102 Å². The number of furan rings is 1. The lowest BCUT2D eigenvalue weighted by Gasteiger charge is -2.27. The monoisotopic (exact) mass is 432 g/mol. The second kappa shape index (κ2) is 10.1. The van der Waals surface area contributed by atoms with Crippen molar-refractivity contribution in [3.8, 4) is 0 Å². The molecule has 0 atom stereocenters. The van der Waals surface area contributed by atoms with E-state index in [0.717, 1.165) is 27.9 Å². The van der Waals surface area contributed by atoms with Crippen LogP contribution >= 0.6 is 11.8 Å². The first-order valence-corrected chi connectivity index (χ1v) is 11.5. The summed E-state index contributed by atoms with van der Waals surface area (Å²) in [6.45, 7) is 13.8. The Morgan fingerprint density at radius 1 is 1.03 bits per heavy atom. The van der Waals surface area contributed by atoms with E-state index < -0.39 is 0 Å². The van der Waals surface area contributed by atoms with E-state index in [1.165, 1.54) is 16.7 Å². The summed E-state index contributed by atoms with van der Waals surface area (Å²) < 4.78 is 5.64. The van der Waals surface area contributed by atoms with E-state index in [2.05, 4.69) is 92.7 Å². The minimum Gasteiger partial charge on any atom is -0.467 e. The van der Waals surface area contributed by atoms with Gasteiger partial charge in [0.15, 0.2) is 5.17 Å². The van der Waals surface area contributed by atoms with E-state index in [9.17, 15) is 0 Å². The van der Waals surface area contributed by atoms with E-state index >= 15 is 0 Å². The summed E-state index contributed by atoms with van der Waals surface area (Å²) in [6, 6.07) is 21.2. The zero-order valence-corrected chi connectivity index (χ0v) is 20.0. The van der Waals surface area contributed by atoms with Crippen molar-refractivity contribution < 1.29 is 4.42 Å². The second-order valence-electron chi connectivity index (χ2n) is 8.72. The Hall–Kier alpha value is -2.72. The van der Waals surface area contributed by atoms with Gasteiger partial charge in [-0.15, -0.1) is 0 Å². The van der Waals surface area contributed by atoms with Gasteiger partial charge in [-0.2, -0.15) is 0 Å². The van der Waals surface area contributed by atoms with Crippen molar-refractivity contribution in [3.63, 3.8) is 0 Å². The number of hydrogen-bond donors (Lipinski definition) is 0. The molecule has 0 amide bonds. The second-order valence-corrected chi connectivity index (χ2v) is 9.66. The van der Waals surface area contributed by atoms with Gasteiger partial charge in [0.1, 0.15) is 5.76 Å². The fourth-order valence-corrected chi connectivity index (χ4v) is 4.20. The first kappa shape index (κ1) is 23.0. The largest absolute Gasteiger partial charge is 0.467 e. The first-order chi connectivity index (χ1) is 14.8. The van der Waals surface area contributed by atoms with Crippen LogP contribution in [-0.2, 0) is 17.7 Å². The molecule has 0 bridgehead atoms. The topological polar surface area (TPSA) is 28.7 Å². The van der Waals surface area contributed by atoms with Gasteiger partial charge in [-0.05, 0) is 41.2 Å². The fourth-order valence-electron chi connectivity index (χ4n) is 3.25. The van der Waals surface area contributed by atoms with Crippen molar-refractivity contribution in [1.82, 2.24) is 4.90 Å². The molecule has 0 aliphatic carbocycles.